The summed E-state index contributed by atoms with van der Waals surface area (Å²) in [6, 6.07) is 9.08. The van der Waals surface area contributed by atoms with Crippen LogP contribution >= 0.6 is 0 Å². The highest BCUT2D eigenvalue weighted by atomic mass is 19.1. The molecule has 0 aliphatic carbocycles. The Morgan fingerprint density at radius 2 is 1.70 bits per heavy atom. The van der Waals surface area contributed by atoms with Crippen molar-refractivity contribution in [1.29, 1.82) is 0 Å². The van der Waals surface area contributed by atoms with E-state index in [1.165, 1.54) is 6.07 Å². The molecule has 0 amide bonds. The fraction of sp³-hybridized carbons (Fsp3) is 0.500. The molecule has 2 aromatic rings. The first kappa shape index (κ1) is 18.1. The van der Waals surface area contributed by atoms with E-state index in [0.29, 0.717) is 6.54 Å². The summed E-state index contributed by atoms with van der Waals surface area (Å²) < 4.78 is 19.3. The van der Waals surface area contributed by atoms with Gasteiger partial charge in [0.2, 0.25) is 5.95 Å². The van der Waals surface area contributed by atoms with Gasteiger partial charge in [-0.15, -0.1) is 0 Å². The molecule has 4 rings (SSSR count). The number of morpholine rings is 1. The Hall–Kier alpha value is -2.25. The second-order valence-electron chi connectivity index (χ2n) is 7.12. The van der Waals surface area contributed by atoms with Crippen molar-refractivity contribution in [3.8, 4) is 0 Å². The number of piperazine rings is 1. The highest BCUT2D eigenvalue weighted by Gasteiger charge is 2.21. The highest BCUT2D eigenvalue weighted by Crippen LogP contribution is 2.20. The van der Waals surface area contributed by atoms with Crippen molar-refractivity contribution in [2.75, 3.05) is 62.3 Å². The summed E-state index contributed by atoms with van der Waals surface area (Å²) in [5, 5.41) is 0. The third kappa shape index (κ3) is 4.36. The summed E-state index contributed by atoms with van der Waals surface area (Å²) in [4.78, 5) is 16.2. The molecule has 0 atom stereocenters. The van der Waals surface area contributed by atoms with Gasteiger partial charge in [-0.3, -0.25) is 4.90 Å². The molecule has 0 N–H and O–H groups in total. The maximum Gasteiger partial charge on any atom is 0.227 e. The minimum atomic E-state index is -0.124. The van der Waals surface area contributed by atoms with Crippen LogP contribution in [0.3, 0.4) is 0 Å². The van der Waals surface area contributed by atoms with Crippen molar-refractivity contribution in [1.82, 2.24) is 14.9 Å². The van der Waals surface area contributed by atoms with Gasteiger partial charge in [0.1, 0.15) is 11.6 Å². The second kappa shape index (κ2) is 8.19. The van der Waals surface area contributed by atoms with Crippen molar-refractivity contribution >= 4 is 11.8 Å². The van der Waals surface area contributed by atoms with Crippen LogP contribution in [0, 0.1) is 12.7 Å². The van der Waals surface area contributed by atoms with Crippen molar-refractivity contribution in [2.45, 2.75) is 13.5 Å². The number of aromatic nitrogens is 2. The van der Waals surface area contributed by atoms with E-state index in [0.717, 1.165) is 75.5 Å². The number of benzene rings is 1. The third-order valence-electron chi connectivity index (χ3n) is 5.17. The third-order valence-corrected chi connectivity index (χ3v) is 5.17. The van der Waals surface area contributed by atoms with Crippen LogP contribution in [0.1, 0.15) is 11.3 Å². The first-order chi connectivity index (χ1) is 13.2. The number of hydrogen-bond donors (Lipinski definition) is 0. The maximum absolute atomic E-state index is 13.9. The van der Waals surface area contributed by atoms with Gasteiger partial charge in [-0.2, -0.15) is 4.98 Å². The second-order valence-corrected chi connectivity index (χ2v) is 7.12. The standard InChI is InChI=1S/C20H26FN5O/c1-16-14-19(23-20(22-16)26-10-12-27-13-11-26)25-8-6-24(7-9-25)15-17-4-2-3-5-18(17)21/h2-5,14H,6-13,15H2,1H3. The topological polar surface area (TPSA) is 44.7 Å². The smallest absolute Gasteiger partial charge is 0.227 e. The molecular formula is C20H26FN5O. The largest absolute Gasteiger partial charge is 0.378 e. The van der Waals surface area contributed by atoms with E-state index >= 15 is 0 Å². The van der Waals surface area contributed by atoms with Crippen LogP contribution in [-0.4, -0.2) is 67.4 Å². The highest BCUT2D eigenvalue weighted by molar-refractivity contribution is 5.46. The summed E-state index contributed by atoms with van der Waals surface area (Å²) in [6.45, 7) is 9.34. The molecule has 0 bridgehead atoms. The predicted octanol–water partition coefficient (Wildman–Crippen LogP) is 2.08. The number of anilines is 2. The Kier molecular flexibility index (Phi) is 5.50. The Balaban J connectivity index is 1.40. The van der Waals surface area contributed by atoms with Crippen LogP contribution in [0.25, 0.3) is 0 Å². The summed E-state index contributed by atoms with van der Waals surface area (Å²) in [5.41, 5.74) is 1.74. The summed E-state index contributed by atoms with van der Waals surface area (Å²) in [7, 11) is 0. The molecule has 2 fully saturated rings. The quantitative estimate of drug-likeness (QED) is 0.820. The zero-order valence-electron chi connectivity index (χ0n) is 15.8. The lowest BCUT2D eigenvalue weighted by Crippen LogP contribution is -2.46. The molecule has 0 saturated carbocycles. The van der Waals surface area contributed by atoms with Gasteiger partial charge < -0.3 is 14.5 Å². The van der Waals surface area contributed by atoms with Crippen LogP contribution in [0.4, 0.5) is 16.2 Å². The SMILES string of the molecule is Cc1cc(N2CCN(Cc3ccccc3F)CC2)nc(N2CCOCC2)n1. The molecule has 2 aliphatic heterocycles. The van der Waals surface area contributed by atoms with E-state index in [2.05, 4.69) is 25.8 Å². The number of aryl methyl sites for hydroxylation is 1. The minimum absolute atomic E-state index is 0.124. The Morgan fingerprint density at radius 1 is 0.963 bits per heavy atom. The maximum atomic E-state index is 13.9. The molecule has 3 heterocycles. The average Bonchev–Trinajstić information content (AvgIpc) is 2.70. The van der Waals surface area contributed by atoms with Crippen molar-refractivity contribution in [2.24, 2.45) is 0 Å². The molecule has 0 unspecified atom stereocenters. The van der Waals surface area contributed by atoms with Crippen LogP contribution < -0.4 is 9.80 Å². The minimum Gasteiger partial charge on any atom is -0.378 e. The van der Waals surface area contributed by atoms with Crippen molar-refractivity contribution in [3.05, 3.63) is 47.4 Å². The molecule has 7 heteroatoms. The molecule has 144 valence electrons. The van der Waals surface area contributed by atoms with E-state index in [-0.39, 0.29) is 5.82 Å². The summed E-state index contributed by atoms with van der Waals surface area (Å²) in [6.07, 6.45) is 0. The average molecular weight is 371 g/mol. The number of halogens is 1. The van der Waals surface area contributed by atoms with Gasteiger partial charge in [0, 0.05) is 63.1 Å². The van der Waals surface area contributed by atoms with Crippen molar-refractivity contribution < 1.29 is 9.13 Å². The monoisotopic (exact) mass is 371 g/mol. The normalized spacial score (nSPS) is 18.7. The number of hydrogen-bond acceptors (Lipinski definition) is 6. The van der Waals surface area contributed by atoms with Gasteiger partial charge in [0.15, 0.2) is 0 Å². The number of ether oxygens (including phenoxy) is 1. The van der Waals surface area contributed by atoms with Gasteiger partial charge in [-0.1, -0.05) is 18.2 Å². The Labute approximate surface area is 159 Å². The fourth-order valence-corrected chi connectivity index (χ4v) is 3.61. The number of nitrogens with zero attached hydrogens (tertiary/aromatic N) is 5. The van der Waals surface area contributed by atoms with E-state index in [4.69, 9.17) is 9.72 Å². The fourth-order valence-electron chi connectivity index (χ4n) is 3.61. The molecule has 27 heavy (non-hydrogen) atoms. The summed E-state index contributed by atoms with van der Waals surface area (Å²) in [5.74, 6) is 1.65. The molecule has 1 aromatic heterocycles. The Bertz CT molecular complexity index is 773. The lowest BCUT2D eigenvalue weighted by molar-refractivity contribution is 0.122. The van der Waals surface area contributed by atoms with Gasteiger partial charge in [-0.05, 0) is 13.0 Å². The van der Waals surface area contributed by atoms with E-state index in [1.54, 1.807) is 6.07 Å². The molecule has 6 nitrogen and oxygen atoms in total. The van der Waals surface area contributed by atoms with Crippen LogP contribution in [0.2, 0.25) is 0 Å². The molecule has 1 aromatic carbocycles. The zero-order chi connectivity index (χ0) is 18.6. The molecule has 2 aliphatic rings. The van der Waals surface area contributed by atoms with Gasteiger partial charge in [0.05, 0.1) is 13.2 Å². The molecule has 0 radical (unpaired) electrons. The summed E-state index contributed by atoms with van der Waals surface area (Å²) >= 11 is 0. The van der Waals surface area contributed by atoms with Gasteiger partial charge >= 0.3 is 0 Å². The lowest BCUT2D eigenvalue weighted by atomic mass is 10.2. The zero-order valence-corrected chi connectivity index (χ0v) is 15.8. The van der Waals surface area contributed by atoms with Crippen molar-refractivity contribution in [3.63, 3.8) is 0 Å². The molecule has 2 saturated heterocycles. The van der Waals surface area contributed by atoms with Crippen LogP contribution in [0.5, 0.6) is 0 Å². The number of rotatable bonds is 4. The van der Waals surface area contributed by atoms with E-state index < -0.39 is 0 Å². The molecular weight excluding hydrogens is 345 g/mol. The lowest BCUT2D eigenvalue weighted by Gasteiger charge is -2.36. The van der Waals surface area contributed by atoms with Crippen LogP contribution in [0.15, 0.2) is 30.3 Å². The molecule has 0 spiro atoms. The van der Waals surface area contributed by atoms with E-state index in [1.807, 2.05) is 19.1 Å². The first-order valence-corrected chi connectivity index (χ1v) is 9.58. The van der Waals surface area contributed by atoms with Crippen LogP contribution in [-0.2, 0) is 11.3 Å². The predicted molar refractivity (Wildman–Crippen MR) is 104 cm³/mol. The Morgan fingerprint density at radius 3 is 2.44 bits per heavy atom. The van der Waals surface area contributed by atoms with Gasteiger partial charge in [0.25, 0.3) is 0 Å². The van der Waals surface area contributed by atoms with Gasteiger partial charge in [-0.25, -0.2) is 9.37 Å². The first-order valence-electron chi connectivity index (χ1n) is 9.58. The van der Waals surface area contributed by atoms with E-state index in [9.17, 15) is 4.39 Å².